The fourth-order valence-electron chi connectivity index (χ4n) is 1.63. The van der Waals surface area contributed by atoms with Gasteiger partial charge in [-0.25, -0.2) is 4.98 Å². The lowest BCUT2D eigenvalue weighted by Crippen LogP contribution is -1.86. The van der Waals surface area contributed by atoms with Crippen LogP contribution in [0.15, 0.2) is 22.8 Å². The summed E-state index contributed by atoms with van der Waals surface area (Å²) in [6.45, 7) is 6.15. The second-order valence-electron chi connectivity index (χ2n) is 3.80. The molecule has 0 amide bonds. The summed E-state index contributed by atoms with van der Waals surface area (Å²) in [6, 6.07) is 6.41. The molecule has 0 aliphatic carbocycles. The van der Waals surface area contributed by atoms with E-state index in [1.54, 1.807) is 0 Å². The zero-order valence-corrected chi connectivity index (χ0v) is 10.6. The predicted molar refractivity (Wildman–Crippen MR) is 65.9 cm³/mol. The van der Waals surface area contributed by atoms with Gasteiger partial charge in [-0.1, -0.05) is 17.7 Å². The van der Waals surface area contributed by atoms with Crippen LogP contribution in [0.3, 0.4) is 0 Å². The summed E-state index contributed by atoms with van der Waals surface area (Å²) < 4.78 is 0.953. The summed E-state index contributed by atoms with van der Waals surface area (Å²) in [5.74, 6) is 0.929. The highest BCUT2D eigenvalue weighted by molar-refractivity contribution is 9.10. The van der Waals surface area contributed by atoms with E-state index >= 15 is 0 Å². The number of hydrogen-bond donors (Lipinski definition) is 1. The molecule has 0 bridgehead atoms. The van der Waals surface area contributed by atoms with Gasteiger partial charge in [0.1, 0.15) is 16.1 Å². The fraction of sp³-hybridized carbons (Fsp3) is 0.250. The molecule has 2 nitrogen and oxygen atoms in total. The largest absolute Gasteiger partial charge is 0.336 e. The van der Waals surface area contributed by atoms with Crippen molar-refractivity contribution in [3.8, 4) is 11.3 Å². The van der Waals surface area contributed by atoms with Gasteiger partial charge in [-0.2, -0.15) is 0 Å². The normalized spacial score (nSPS) is 10.7. The molecule has 3 heteroatoms. The van der Waals surface area contributed by atoms with Gasteiger partial charge < -0.3 is 4.98 Å². The van der Waals surface area contributed by atoms with E-state index in [2.05, 4.69) is 57.9 Å². The molecule has 0 aliphatic rings. The number of benzene rings is 1. The molecule has 1 N–H and O–H groups in total. The molecule has 1 heterocycles. The van der Waals surface area contributed by atoms with Crippen LogP contribution >= 0.6 is 15.9 Å². The number of imidazole rings is 1. The second kappa shape index (κ2) is 3.81. The highest BCUT2D eigenvalue weighted by Gasteiger charge is 2.10. The minimum absolute atomic E-state index is 0.929. The van der Waals surface area contributed by atoms with E-state index in [0.29, 0.717) is 0 Å². The molecule has 78 valence electrons. The van der Waals surface area contributed by atoms with Crippen LogP contribution in [0.2, 0.25) is 0 Å². The lowest BCUT2D eigenvalue weighted by Gasteiger charge is -2.04. The highest BCUT2D eigenvalue weighted by Crippen LogP contribution is 2.29. The van der Waals surface area contributed by atoms with Crippen molar-refractivity contribution in [3.63, 3.8) is 0 Å². The Morgan fingerprint density at radius 3 is 2.53 bits per heavy atom. The van der Waals surface area contributed by atoms with Crippen molar-refractivity contribution in [3.05, 3.63) is 39.8 Å². The molecule has 0 atom stereocenters. The van der Waals surface area contributed by atoms with Gasteiger partial charge in [-0.15, -0.1) is 0 Å². The first-order valence-electron chi connectivity index (χ1n) is 4.87. The van der Waals surface area contributed by atoms with Gasteiger partial charge in [0.2, 0.25) is 0 Å². The Hall–Kier alpha value is -1.09. The van der Waals surface area contributed by atoms with Gasteiger partial charge in [0.05, 0.1) is 0 Å². The quantitative estimate of drug-likeness (QED) is 0.835. The van der Waals surface area contributed by atoms with Crippen molar-refractivity contribution >= 4 is 15.9 Å². The van der Waals surface area contributed by atoms with Crippen molar-refractivity contribution in [2.45, 2.75) is 20.8 Å². The molecule has 0 unspecified atom stereocenters. The maximum atomic E-state index is 4.48. The zero-order chi connectivity index (χ0) is 11.0. The Labute approximate surface area is 97.9 Å². The number of aryl methyl sites for hydroxylation is 3. The van der Waals surface area contributed by atoms with E-state index in [4.69, 9.17) is 0 Å². The van der Waals surface area contributed by atoms with Crippen LogP contribution in [-0.2, 0) is 0 Å². The Morgan fingerprint density at radius 2 is 1.93 bits per heavy atom. The lowest BCUT2D eigenvalue weighted by atomic mass is 10.0. The Morgan fingerprint density at radius 1 is 1.20 bits per heavy atom. The zero-order valence-electron chi connectivity index (χ0n) is 9.06. The first-order valence-corrected chi connectivity index (χ1v) is 5.67. The molecule has 0 saturated carbocycles. The van der Waals surface area contributed by atoms with E-state index in [0.717, 1.165) is 16.1 Å². The standard InChI is InChI=1S/C12H13BrN2/c1-7-4-5-8(2)10(6-7)11-12(13)15-9(3)14-11/h4-6H,1-3H3,(H,14,15). The van der Waals surface area contributed by atoms with Crippen LogP contribution in [0.5, 0.6) is 0 Å². The molecular formula is C12H13BrN2. The minimum atomic E-state index is 0.929. The summed E-state index contributed by atoms with van der Waals surface area (Å²) in [4.78, 5) is 7.64. The third kappa shape index (κ3) is 1.97. The number of hydrogen-bond acceptors (Lipinski definition) is 1. The first-order chi connectivity index (χ1) is 7.08. The fourth-order valence-corrected chi connectivity index (χ4v) is 2.22. The summed E-state index contributed by atoms with van der Waals surface area (Å²) in [7, 11) is 0. The summed E-state index contributed by atoms with van der Waals surface area (Å²) in [5, 5.41) is 0. The van der Waals surface area contributed by atoms with Crippen molar-refractivity contribution in [2.75, 3.05) is 0 Å². The maximum absolute atomic E-state index is 4.48. The third-order valence-corrected chi connectivity index (χ3v) is 3.00. The van der Waals surface area contributed by atoms with Crippen LogP contribution in [0, 0.1) is 20.8 Å². The molecule has 1 aromatic heterocycles. The Balaban J connectivity index is 2.62. The van der Waals surface area contributed by atoms with Crippen molar-refractivity contribution in [1.82, 2.24) is 9.97 Å². The molecule has 2 aromatic rings. The molecule has 0 radical (unpaired) electrons. The molecule has 0 aliphatic heterocycles. The molecule has 2 rings (SSSR count). The average molecular weight is 265 g/mol. The van der Waals surface area contributed by atoms with E-state index in [1.165, 1.54) is 16.7 Å². The number of nitrogens with one attached hydrogen (secondary N) is 1. The van der Waals surface area contributed by atoms with Gasteiger partial charge in [0, 0.05) is 5.56 Å². The van der Waals surface area contributed by atoms with Gasteiger partial charge >= 0.3 is 0 Å². The Kier molecular flexibility index (Phi) is 2.65. The number of halogens is 1. The van der Waals surface area contributed by atoms with Crippen LogP contribution in [0.4, 0.5) is 0 Å². The molecule has 0 saturated heterocycles. The van der Waals surface area contributed by atoms with Crippen molar-refractivity contribution < 1.29 is 0 Å². The maximum Gasteiger partial charge on any atom is 0.110 e. The van der Waals surface area contributed by atoms with E-state index in [9.17, 15) is 0 Å². The van der Waals surface area contributed by atoms with E-state index in [-0.39, 0.29) is 0 Å². The van der Waals surface area contributed by atoms with Crippen LogP contribution in [0.25, 0.3) is 11.3 Å². The molecular weight excluding hydrogens is 252 g/mol. The summed E-state index contributed by atoms with van der Waals surface area (Å²) >= 11 is 3.49. The van der Waals surface area contributed by atoms with Gasteiger partial charge in [0.25, 0.3) is 0 Å². The van der Waals surface area contributed by atoms with Crippen molar-refractivity contribution in [2.24, 2.45) is 0 Å². The Bertz CT molecular complexity index is 500. The monoisotopic (exact) mass is 264 g/mol. The van der Waals surface area contributed by atoms with Crippen LogP contribution in [-0.4, -0.2) is 9.97 Å². The highest BCUT2D eigenvalue weighted by atomic mass is 79.9. The lowest BCUT2D eigenvalue weighted by molar-refractivity contribution is 1.14. The van der Waals surface area contributed by atoms with Gasteiger partial charge in [-0.3, -0.25) is 0 Å². The summed E-state index contributed by atoms with van der Waals surface area (Å²) in [6.07, 6.45) is 0. The van der Waals surface area contributed by atoms with E-state index < -0.39 is 0 Å². The molecule has 0 fully saturated rings. The SMILES string of the molecule is Cc1ccc(C)c(-c2nc(C)[nH]c2Br)c1. The molecule has 1 aromatic carbocycles. The average Bonchev–Trinajstić information content (AvgIpc) is 2.50. The van der Waals surface area contributed by atoms with E-state index in [1.807, 2.05) is 6.92 Å². The van der Waals surface area contributed by atoms with Gasteiger partial charge in [0.15, 0.2) is 0 Å². The van der Waals surface area contributed by atoms with Crippen molar-refractivity contribution in [1.29, 1.82) is 0 Å². The predicted octanol–water partition coefficient (Wildman–Crippen LogP) is 3.76. The van der Waals surface area contributed by atoms with Gasteiger partial charge in [-0.05, 0) is 48.3 Å². The second-order valence-corrected chi connectivity index (χ2v) is 4.60. The third-order valence-electron chi connectivity index (χ3n) is 2.43. The smallest absolute Gasteiger partial charge is 0.110 e. The van der Waals surface area contributed by atoms with Crippen LogP contribution in [0.1, 0.15) is 17.0 Å². The number of H-pyrrole nitrogens is 1. The number of aromatic amines is 1. The molecule has 15 heavy (non-hydrogen) atoms. The number of rotatable bonds is 1. The minimum Gasteiger partial charge on any atom is -0.336 e. The van der Waals surface area contributed by atoms with Crippen LogP contribution < -0.4 is 0 Å². The number of nitrogens with zero attached hydrogens (tertiary/aromatic N) is 1. The summed E-state index contributed by atoms with van der Waals surface area (Å²) in [5.41, 5.74) is 4.68. The number of aromatic nitrogens is 2. The molecule has 0 spiro atoms. The first kappa shape index (κ1) is 10.4. The topological polar surface area (TPSA) is 28.7 Å².